The van der Waals surface area contributed by atoms with Gasteiger partial charge >= 0.3 is 5.97 Å². The average molecular weight is 235 g/mol. The van der Waals surface area contributed by atoms with E-state index in [1.807, 2.05) is 0 Å². The van der Waals surface area contributed by atoms with Crippen LogP contribution >= 0.6 is 11.6 Å². The highest BCUT2D eigenvalue weighted by atomic mass is 35.5. The summed E-state index contributed by atoms with van der Waals surface area (Å²) < 4.78 is 0. The Labute approximate surface area is 96.6 Å². The number of hydrogen-bond acceptors (Lipinski definition) is 3. The van der Waals surface area contributed by atoms with Crippen molar-refractivity contribution in [2.24, 2.45) is 0 Å². The van der Waals surface area contributed by atoms with Crippen LogP contribution in [-0.2, 0) is 0 Å². The second-order valence-electron chi connectivity index (χ2n) is 3.10. The summed E-state index contributed by atoms with van der Waals surface area (Å²) in [5.74, 6) is -1.09. The van der Waals surface area contributed by atoms with Crippen LogP contribution in [0.1, 0.15) is 10.5 Å². The van der Waals surface area contributed by atoms with Crippen LogP contribution in [0.2, 0.25) is 5.02 Å². The molecule has 2 aromatic rings. The van der Waals surface area contributed by atoms with Crippen molar-refractivity contribution in [1.29, 1.82) is 0 Å². The number of rotatable bonds is 2. The van der Waals surface area contributed by atoms with Gasteiger partial charge in [-0.15, -0.1) is 0 Å². The fourth-order valence-corrected chi connectivity index (χ4v) is 1.33. The van der Waals surface area contributed by atoms with Gasteiger partial charge in [0.25, 0.3) is 0 Å². The Morgan fingerprint density at radius 3 is 2.31 bits per heavy atom. The Bertz CT molecular complexity index is 509. The fraction of sp³-hybridized carbons (Fsp3) is 0. The predicted octanol–water partition coefficient (Wildman–Crippen LogP) is 2.50. The van der Waals surface area contributed by atoms with E-state index in [2.05, 4.69) is 9.97 Å². The van der Waals surface area contributed by atoms with Crippen molar-refractivity contribution < 1.29 is 9.90 Å². The molecule has 0 spiro atoms. The van der Waals surface area contributed by atoms with E-state index in [1.54, 1.807) is 24.3 Å². The number of halogens is 1. The number of carboxylic acids is 1. The zero-order chi connectivity index (χ0) is 11.5. The van der Waals surface area contributed by atoms with E-state index >= 15 is 0 Å². The molecule has 0 unspecified atom stereocenters. The van der Waals surface area contributed by atoms with Gasteiger partial charge in [0.05, 0.1) is 18.1 Å². The van der Waals surface area contributed by atoms with E-state index in [0.29, 0.717) is 10.7 Å². The fourth-order valence-electron chi connectivity index (χ4n) is 1.21. The third-order valence-electron chi connectivity index (χ3n) is 2.01. The van der Waals surface area contributed by atoms with Crippen molar-refractivity contribution in [3.8, 4) is 11.3 Å². The van der Waals surface area contributed by atoms with Gasteiger partial charge in [-0.05, 0) is 12.1 Å². The number of aromatic carboxylic acids is 1. The van der Waals surface area contributed by atoms with Gasteiger partial charge in [0.15, 0.2) is 5.69 Å². The van der Waals surface area contributed by atoms with Crippen LogP contribution in [-0.4, -0.2) is 21.0 Å². The van der Waals surface area contributed by atoms with Gasteiger partial charge in [-0.3, -0.25) is 4.98 Å². The zero-order valence-corrected chi connectivity index (χ0v) is 8.85. The van der Waals surface area contributed by atoms with E-state index in [9.17, 15) is 4.79 Å². The van der Waals surface area contributed by atoms with Gasteiger partial charge < -0.3 is 5.11 Å². The SMILES string of the molecule is O=C(O)c1cnc(-c2ccc(Cl)cc2)cn1. The lowest BCUT2D eigenvalue weighted by atomic mass is 10.2. The molecule has 0 saturated heterocycles. The molecule has 1 N–H and O–H groups in total. The molecule has 0 atom stereocenters. The van der Waals surface area contributed by atoms with Crippen molar-refractivity contribution in [1.82, 2.24) is 9.97 Å². The van der Waals surface area contributed by atoms with Crippen LogP contribution in [0.25, 0.3) is 11.3 Å². The summed E-state index contributed by atoms with van der Waals surface area (Å²) in [5, 5.41) is 9.30. The molecule has 0 aliphatic rings. The summed E-state index contributed by atoms with van der Waals surface area (Å²) in [6.07, 6.45) is 2.65. The van der Waals surface area contributed by atoms with E-state index in [-0.39, 0.29) is 5.69 Å². The Balaban J connectivity index is 2.34. The van der Waals surface area contributed by atoms with Gasteiger partial charge in [-0.25, -0.2) is 9.78 Å². The number of nitrogens with zero attached hydrogens (tertiary/aromatic N) is 2. The van der Waals surface area contributed by atoms with E-state index in [1.165, 1.54) is 12.4 Å². The lowest BCUT2D eigenvalue weighted by Crippen LogP contribution is -2.00. The molecule has 1 aromatic heterocycles. The average Bonchev–Trinajstić information content (AvgIpc) is 2.30. The molecular weight excluding hydrogens is 228 g/mol. The molecule has 4 nitrogen and oxygen atoms in total. The zero-order valence-electron chi connectivity index (χ0n) is 8.09. The number of hydrogen-bond donors (Lipinski definition) is 1. The summed E-state index contributed by atoms with van der Waals surface area (Å²) in [6, 6.07) is 7.08. The second kappa shape index (κ2) is 4.28. The molecule has 16 heavy (non-hydrogen) atoms. The van der Waals surface area contributed by atoms with Crippen molar-refractivity contribution >= 4 is 17.6 Å². The van der Waals surface area contributed by atoms with Crippen LogP contribution in [0.5, 0.6) is 0 Å². The van der Waals surface area contributed by atoms with Crippen molar-refractivity contribution in [2.45, 2.75) is 0 Å². The maximum absolute atomic E-state index is 10.6. The second-order valence-corrected chi connectivity index (χ2v) is 3.54. The minimum absolute atomic E-state index is 0.0716. The van der Waals surface area contributed by atoms with Gasteiger partial charge in [-0.1, -0.05) is 23.7 Å². The maximum Gasteiger partial charge on any atom is 0.356 e. The van der Waals surface area contributed by atoms with Gasteiger partial charge in [0.2, 0.25) is 0 Å². The first kappa shape index (κ1) is 10.6. The van der Waals surface area contributed by atoms with Gasteiger partial charge in [0.1, 0.15) is 0 Å². The molecule has 0 bridgehead atoms. The molecule has 1 heterocycles. The molecule has 0 aliphatic carbocycles. The molecule has 0 aliphatic heterocycles. The molecule has 0 fully saturated rings. The quantitative estimate of drug-likeness (QED) is 0.867. The largest absolute Gasteiger partial charge is 0.476 e. The Morgan fingerprint density at radius 2 is 1.81 bits per heavy atom. The highest BCUT2D eigenvalue weighted by molar-refractivity contribution is 6.30. The third-order valence-corrected chi connectivity index (χ3v) is 2.26. The monoisotopic (exact) mass is 234 g/mol. The Morgan fingerprint density at radius 1 is 1.12 bits per heavy atom. The van der Waals surface area contributed by atoms with Crippen molar-refractivity contribution in [3.05, 3.63) is 47.4 Å². The molecule has 0 amide bonds. The topological polar surface area (TPSA) is 63.1 Å². The molecular formula is C11H7ClN2O2. The summed E-state index contributed by atoms with van der Waals surface area (Å²) >= 11 is 5.75. The lowest BCUT2D eigenvalue weighted by Gasteiger charge is -2.00. The summed E-state index contributed by atoms with van der Waals surface area (Å²) in [4.78, 5) is 18.4. The summed E-state index contributed by atoms with van der Waals surface area (Å²) in [5.41, 5.74) is 1.38. The Kier molecular flexibility index (Phi) is 2.83. The highest BCUT2D eigenvalue weighted by Gasteiger charge is 2.05. The van der Waals surface area contributed by atoms with Crippen LogP contribution in [0.4, 0.5) is 0 Å². The smallest absolute Gasteiger partial charge is 0.356 e. The minimum Gasteiger partial charge on any atom is -0.476 e. The third kappa shape index (κ3) is 2.17. The number of carboxylic acid groups (broad SMARTS) is 1. The molecule has 5 heteroatoms. The summed E-state index contributed by atoms with van der Waals surface area (Å²) in [6.45, 7) is 0. The van der Waals surface area contributed by atoms with Crippen LogP contribution in [0, 0.1) is 0 Å². The molecule has 1 aromatic carbocycles. The van der Waals surface area contributed by atoms with Crippen molar-refractivity contribution in [2.75, 3.05) is 0 Å². The lowest BCUT2D eigenvalue weighted by molar-refractivity contribution is 0.0690. The first-order valence-electron chi connectivity index (χ1n) is 4.48. The molecule has 80 valence electrons. The van der Waals surface area contributed by atoms with Gasteiger partial charge in [-0.2, -0.15) is 0 Å². The minimum atomic E-state index is -1.09. The standard InChI is InChI=1S/C11H7ClN2O2/c12-8-3-1-7(2-4-8)9-5-14-10(6-13-9)11(15)16/h1-6H,(H,15,16). The molecule has 2 rings (SSSR count). The number of benzene rings is 1. The van der Waals surface area contributed by atoms with E-state index in [4.69, 9.17) is 16.7 Å². The van der Waals surface area contributed by atoms with Crippen LogP contribution in [0.3, 0.4) is 0 Å². The first-order valence-corrected chi connectivity index (χ1v) is 4.86. The van der Waals surface area contributed by atoms with Crippen LogP contribution in [0.15, 0.2) is 36.7 Å². The van der Waals surface area contributed by atoms with Crippen molar-refractivity contribution in [3.63, 3.8) is 0 Å². The van der Waals surface area contributed by atoms with E-state index in [0.717, 1.165) is 5.56 Å². The maximum atomic E-state index is 10.6. The highest BCUT2D eigenvalue weighted by Crippen LogP contribution is 2.18. The van der Waals surface area contributed by atoms with E-state index < -0.39 is 5.97 Å². The predicted molar refractivity (Wildman–Crippen MR) is 59.4 cm³/mol. The molecule has 0 radical (unpaired) electrons. The molecule has 0 saturated carbocycles. The number of carbonyl (C=O) groups is 1. The van der Waals surface area contributed by atoms with Gasteiger partial charge in [0, 0.05) is 10.6 Å². The summed E-state index contributed by atoms with van der Waals surface area (Å²) in [7, 11) is 0. The number of aromatic nitrogens is 2. The normalized spacial score (nSPS) is 10.1. The van der Waals surface area contributed by atoms with Crippen LogP contribution < -0.4 is 0 Å². The Hall–Kier alpha value is -1.94. The first-order chi connectivity index (χ1) is 7.66.